The van der Waals surface area contributed by atoms with E-state index in [-0.39, 0.29) is 0 Å². The number of hydrogen-bond donors (Lipinski definition) is 1. The molecule has 0 saturated heterocycles. The fourth-order valence-electron chi connectivity index (χ4n) is 2.67. The minimum absolute atomic E-state index is 0.988. The van der Waals surface area contributed by atoms with Gasteiger partial charge in [-0.15, -0.1) is 0 Å². The normalized spacial score (nSPS) is 18.2. The van der Waals surface area contributed by atoms with Gasteiger partial charge in [-0.1, -0.05) is 19.1 Å². The summed E-state index contributed by atoms with van der Waals surface area (Å²) in [5.74, 6) is 0.988. The molecule has 1 aliphatic heterocycles. The summed E-state index contributed by atoms with van der Waals surface area (Å²) in [6.07, 6.45) is 4.08. The van der Waals surface area contributed by atoms with Crippen molar-refractivity contribution in [3.8, 4) is 0 Å². The molecule has 2 heteroatoms. The molecule has 0 bridgehead atoms. The smallest absolute Gasteiger partial charge is 0.0376 e. The van der Waals surface area contributed by atoms with Crippen LogP contribution >= 0.6 is 0 Å². The average molecular weight is 230 g/mol. The van der Waals surface area contributed by atoms with E-state index in [1.807, 2.05) is 0 Å². The van der Waals surface area contributed by atoms with Crippen LogP contribution in [0.2, 0.25) is 0 Å². The number of benzene rings is 1. The van der Waals surface area contributed by atoms with E-state index in [0.717, 1.165) is 19.0 Å². The third-order valence-electron chi connectivity index (χ3n) is 3.95. The van der Waals surface area contributed by atoms with Crippen molar-refractivity contribution < 1.29 is 0 Å². The highest BCUT2D eigenvalue weighted by Crippen LogP contribution is 2.30. The third kappa shape index (κ3) is 2.63. The zero-order chi connectivity index (χ0) is 11.7. The van der Waals surface area contributed by atoms with E-state index in [1.165, 1.54) is 49.2 Å². The summed E-state index contributed by atoms with van der Waals surface area (Å²) in [7, 11) is 0. The van der Waals surface area contributed by atoms with Gasteiger partial charge in [0.25, 0.3) is 0 Å². The molecule has 2 aliphatic rings. The first kappa shape index (κ1) is 11.1. The predicted octanol–water partition coefficient (Wildman–Crippen LogP) is 2.89. The van der Waals surface area contributed by atoms with Crippen LogP contribution in [0.15, 0.2) is 18.2 Å². The lowest BCUT2D eigenvalue weighted by atomic mass is 10.1. The summed E-state index contributed by atoms with van der Waals surface area (Å²) in [5.41, 5.74) is 4.31. The number of fused-ring (bicyclic) bond motifs is 1. The van der Waals surface area contributed by atoms with E-state index in [9.17, 15) is 0 Å². The quantitative estimate of drug-likeness (QED) is 0.836. The van der Waals surface area contributed by atoms with Gasteiger partial charge in [0.1, 0.15) is 0 Å². The van der Waals surface area contributed by atoms with Crippen molar-refractivity contribution in [1.82, 2.24) is 4.90 Å². The first-order valence-corrected chi connectivity index (χ1v) is 6.93. The van der Waals surface area contributed by atoms with Gasteiger partial charge in [0.05, 0.1) is 0 Å². The highest BCUT2D eigenvalue weighted by Gasteiger charge is 2.23. The Kier molecular flexibility index (Phi) is 3.06. The second-order valence-electron chi connectivity index (χ2n) is 5.44. The van der Waals surface area contributed by atoms with Crippen molar-refractivity contribution >= 4 is 5.69 Å². The first-order chi connectivity index (χ1) is 8.35. The van der Waals surface area contributed by atoms with Crippen molar-refractivity contribution in [2.24, 2.45) is 5.92 Å². The topological polar surface area (TPSA) is 15.3 Å². The molecule has 1 aromatic rings. The molecule has 0 aromatic heterocycles. The molecule has 0 atom stereocenters. The van der Waals surface area contributed by atoms with E-state index in [1.54, 1.807) is 0 Å². The lowest BCUT2D eigenvalue weighted by Gasteiger charge is -2.20. The Hall–Kier alpha value is -1.02. The summed E-state index contributed by atoms with van der Waals surface area (Å²) in [6, 6.07) is 6.95. The van der Waals surface area contributed by atoms with Crippen molar-refractivity contribution in [2.45, 2.75) is 32.7 Å². The Labute approximate surface area is 104 Å². The monoisotopic (exact) mass is 230 g/mol. The Morgan fingerprint density at radius 2 is 2.24 bits per heavy atom. The van der Waals surface area contributed by atoms with Gasteiger partial charge in [-0.25, -0.2) is 0 Å². The number of nitrogens with zero attached hydrogens (tertiary/aromatic N) is 1. The summed E-state index contributed by atoms with van der Waals surface area (Å²) in [6.45, 7) is 6.95. The fraction of sp³-hybridized carbons (Fsp3) is 0.600. The number of rotatable bonds is 5. The van der Waals surface area contributed by atoms with Crippen LogP contribution in [-0.4, -0.2) is 24.5 Å². The predicted molar refractivity (Wildman–Crippen MR) is 72.3 cm³/mol. The van der Waals surface area contributed by atoms with Crippen molar-refractivity contribution in [2.75, 3.05) is 25.0 Å². The summed E-state index contributed by atoms with van der Waals surface area (Å²) in [4.78, 5) is 2.58. The molecule has 0 spiro atoms. The molecule has 1 aromatic carbocycles. The van der Waals surface area contributed by atoms with Crippen LogP contribution in [0.5, 0.6) is 0 Å². The molecule has 3 rings (SSSR count). The van der Waals surface area contributed by atoms with Crippen LogP contribution in [0.3, 0.4) is 0 Å². The van der Waals surface area contributed by atoms with Gasteiger partial charge in [-0.05, 0) is 48.9 Å². The zero-order valence-electron chi connectivity index (χ0n) is 10.7. The molecule has 1 aliphatic carbocycles. The molecule has 0 radical (unpaired) electrons. The van der Waals surface area contributed by atoms with Gasteiger partial charge in [0.2, 0.25) is 0 Å². The lowest BCUT2D eigenvalue weighted by molar-refractivity contribution is 0.268. The van der Waals surface area contributed by atoms with Crippen LogP contribution in [0, 0.1) is 5.92 Å². The molecule has 0 amide bonds. The molecule has 1 fully saturated rings. The van der Waals surface area contributed by atoms with E-state index < -0.39 is 0 Å². The molecule has 0 unspecified atom stereocenters. The maximum atomic E-state index is 3.47. The van der Waals surface area contributed by atoms with Gasteiger partial charge in [-0.3, -0.25) is 4.90 Å². The molecular weight excluding hydrogens is 208 g/mol. The van der Waals surface area contributed by atoms with Crippen LogP contribution < -0.4 is 5.32 Å². The maximum Gasteiger partial charge on any atom is 0.0376 e. The molecular formula is C15H22N2. The van der Waals surface area contributed by atoms with Crippen molar-refractivity contribution in [3.63, 3.8) is 0 Å². The van der Waals surface area contributed by atoms with Gasteiger partial charge in [0.15, 0.2) is 0 Å². The van der Waals surface area contributed by atoms with Crippen LogP contribution in [0.4, 0.5) is 5.69 Å². The van der Waals surface area contributed by atoms with Crippen molar-refractivity contribution in [1.29, 1.82) is 0 Å². The summed E-state index contributed by atoms with van der Waals surface area (Å²) in [5, 5.41) is 3.47. The van der Waals surface area contributed by atoms with Gasteiger partial charge in [-0.2, -0.15) is 0 Å². The molecule has 2 nitrogen and oxygen atoms in total. The van der Waals surface area contributed by atoms with E-state index in [2.05, 4.69) is 35.3 Å². The third-order valence-corrected chi connectivity index (χ3v) is 3.95. The second-order valence-corrected chi connectivity index (χ2v) is 5.44. The average Bonchev–Trinajstić information content (AvgIpc) is 3.04. The highest BCUT2D eigenvalue weighted by molar-refractivity contribution is 5.56. The van der Waals surface area contributed by atoms with Crippen LogP contribution in [-0.2, 0) is 13.0 Å². The lowest BCUT2D eigenvalue weighted by Crippen LogP contribution is -2.25. The van der Waals surface area contributed by atoms with Crippen LogP contribution in [0.25, 0.3) is 0 Å². The SMILES string of the molecule is CCN(Cc1ccc2c(c1)NCC2)CC1CC1. The number of nitrogens with one attached hydrogen (secondary N) is 1. The number of anilines is 1. The minimum Gasteiger partial charge on any atom is -0.384 e. The Morgan fingerprint density at radius 3 is 3.00 bits per heavy atom. The van der Waals surface area contributed by atoms with Gasteiger partial charge < -0.3 is 5.32 Å². The summed E-state index contributed by atoms with van der Waals surface area (Å²) < 4.78 is 0. The summed E-state index contributed by atoms with van der Waals surface area (Å²) >= 11 is 0. The first-order valence-electron chi connectivity index (χ1n) is 6.93. The van der Waals surface area contributed by atoms with E-state index >= 15 is 0 Å². The Morgan fingerprint density at radius 1 is 1.35 bits per heavy atom. The Bertz CT molecular complexity index is 396. The van der Waals surface area contributed by atoms with E-state index in [0.29, 0.717) is 0 Å². The molecule has 1 saturated carbocycles. The minimum atomic E-state index is 0.988. The molecule has 92 valence electrons. The van der Waals surface area contributed by atoms with Gasteiger partial charge >= 0.3 is 0 Å². The largest absolute Gasteiger partial charge is 0.384 e. The second kappa shape index (κ2) is 4.69. The van der Waals surface area contributed by atoms with Crippen LogP contribution in [0.1, 0.15) is 30.9 Å². The molecule has 17 heavy (non-hydrogen) atoms. The molecule has 1 heterocycles. The van der Waals surface area contributed by atoms with Gasteiger partial charge in [0, 0.05) is 25.3 Å². The molecule has 1 N–H and O–H groups in total. The highest BCUT2D eigenvalue weighted by atomic mass is 15.1. The number of hydrogen-bond acceptors (Lipinski definition) is 2. The van der Waals surface area contributed by atoms with Crippen molar-refractivity contribution in [3.05, 3.63) is 29.3 Å². The standard InChI is InChI=1S/C15H22N2/c1-2-17(10-12-3-4-12)11-13-5-6-14-7-8-16-15(14)9-13/h5-6,9,12,16H,2-4,7-8,10-11H2,1H3. The van der Waals surface area contributed by atoms with E-state index in [4.69, 9.17) is 0 Å². The maximum absolute atomic E-state index is 3.47. The fourth-order valence-corrected chi connectivity index (χ4v) is 2.67. The Balaban J connectivity index is 1.66. The zero-order valence-corrected chi connectivity index (χ0v) is 10.7.